The summed E-state index contributed by atoms with van der Waals surface area (Å²) in [6.07, 6.45) is 0. The molecule has 0 saturated heterocycles. The van der Waals surface area contributed by atoms with E-state index in [2.05, 4.69) is 10.2 Å². The van der Waals surface area contributed by atoms with Crippen molar-refractivity contribution in [3.05, 3.63) is 66.8 Å². The highest BCUT2D eigenvalue weighted by Gasteiger charge is 2.35. The summed E-state index contributed by atoms with van der Waals surface area (Å²) in [5.74, 6) is -20.3. The molecule has 0 unspecified atom stereocenters. The number of halogens is 8. The highest BCUT2D eigenvalue weighted by molar-refractivity contribution is 5.52. The zero-order valence-corrected chi connectivity index (χ0v) is 12.4. The van der Waals surface area contributed by atoms with Gasteiger partial charge in [-0.1, -0.05) is 0 Å². The van der Waals surface area contributed by atoms with Crippen molar-refractivity contribution in [3.8, 4) is 0 Å². The summed E-state index contributed by atoms with van der Waals surface area (Å²) < 4.78 is 108. The van der Waals surface area contributed by atoms with Gasteiger partial charge in [0.25, 0.3) is 0 Å². The standard InChI is InChI=1S/C12F8N4O4/c13-1-5(17)11(23(25)26)6(18)2(14)9(1)21-22-10-3(15)7(19)12(24(27)28)8(20)4(10)16. The van der Waals surface area contributed by atoms with E-state index in [0.29, 0.717) is 0 Å². The number of nitrogens with zero attached hydrogens (tertiary/aromatic N) is 4. The van der Waals surface area contributed by atoms with Crippen LogP contribution in [0.15, 0.2) is 10.2 Å². The van der Waals surface area contributed by atoms with Crippen LogP contribution in [0.5, 0.6) is 0 Å². The number of nitro benzene ring substituents is 2. The molecule has 0 radical (unpaired) electrons. The van der Waals surface area contributed by atoms with Gasteiger partial charge in [0, 0.05) is 0 Å². The predicted octanol–water partition coefficient (Wildman–Crippen LogP) is 5.03. The fourth-order valence-corrected chi connectivity index (χ4v) is 1.81. The van der Waals surface area contributed by atoms with E-state index in [4.69, 9.17) is 0 Å². The summed E-state index contributed by atoms with van der Waals surface area (Å²) in [6, 6.07) is 0. The normalized spacial score (nSPS) is 11.3. The number of hydrogen-bond acceptors (Lipinski definition) is 6. The molecule has 0 heterocycles. The average molecular weight is 416 g/mol. The summed E-state index contributed by atoms with van der Waals surface area (Å²) in [5, 5.41) is 25.5. The Hall–Kier alpha value is -3.72. The zero-order chi connectivity index (χ0) is 21.5. The van der Waals surface area contributed by atoms with Gasteiger partial charge in [-0.25, -0.2) is 17.6 Å². The lowest BCUT2D eigenvalue weighted by molar-refractivity contribution is -0.390. The SMILES string of the molecule is O=[N+]([O-])c1c(F)c(F)c(N=Nc2c(F)c(F)c([N+](=O)[O-])c(F)c2F)c(F)c1F. The molecule has 0 atom stereocenters. The fraction of sp³-hybridized carbons (Fsp3) is 0. The number of azo groups is 1. The second-order valence-electron chi connectivity index (χ2n) is 4.62. The van der Waals surface area contributed by atoms with Gasteiger partial charge >= 0.3 is 11.4 Å². The molecule has 0 N–H and O–H groups in total. The van der Waals surface area contributed by atoms with Crippen molar-refractivity contribution in [1.29, 1.82) is 0 Å². The molecule has 0 aliphatic carbocycles. The van der Waals surface area contributed by atoms with Crippen molar-refractivity contribution < 1.29 is 45.0 Å². The molecule has 2 aromatic rings. The Bertz CT molecular complexity index is 933. The summed E-state index contributed by atoms with van der Waals surface area (Å²) in [6.45, 7) is 0. The van der Waals surface area contributed by atoms with Crippen LogP contribution in [0.3, 0.4) is 0 Å². The van der Waals surface area contributed by atoms with E-state index in [9.17, 15) is 55.4 Å². The second kappa shape index (κ2) is 7.12. The topological polar surface area (TPSA) is 111 Å². The van der Waals surface area contributed by atoms with E-state index < -0.39 is 79.1 Å². The molecular formula is C12F8N4O4. The summed E-state index contributed by atoms with van der Waals surface area (Å²) in [5.41, 5.74) is -8.64. The van der Waals surface area contributed by atoms with Crippen LogP contribution in [0, 0.1) is 66.8 Å². The Morgan fingerprint density at radius 3 is 0.893 bits per heavy atom. The highest BCUT2D eigenvalue weighted by atomic mass is 19.2. The quantitative estimate of drug-likeness (QED) is 0.229. The first kappa shape index (κ1) is 20.6. The lowest BCUT2D eigenvalue weighted by atomic mass is 10.2. The van der Waals surface area contributed by atoms with Crippen molar-refractivity contribution >= 4 is 22.7 Å². The number of rotatable bonds is 4. The van der Waals surface area contributed by atoms with Gasteiger partial charge in [0.15, 0.2) is 34.6 Å². The van der Waals surface area contributed by atoms with E-state index in [1.54, 1.807) is 0 Å². The zero-order valence-electron chi connectivity index (χ0n) is 12.4. The third-order valence-electron chi connectivity index (χ3n) is 3.05. The molecule has 0 amide bonds. The first-order chi connectivity index (χ1) is 12.9. The van der Waals surface area contributed by atoms with E-state index in [1.165, 1.54) is 0 Å². The largest absolute Gasteiger partial charge is 0.346 e. The van der Waals surface area contributed by atoms with Gasteiger partial charge in [0.2, 0.25) is 23.3 Å². The lowest BCUT2D eigenvalue weighted by Crippen LogP contribution is -2.04. The molecule has 0 aliphatic heterocycles. The molecule has 28 heavy (non-hydrogen) atoms. The molecule has 148 valence electrons. The second-order valence-corrected chi connectivity index (χ2v) is 4.62. The van der Waals surface area contributed by atoms with Gasteiger partial charge in [-0.2, -0.15) is 17.6 Å². The molecule has 2 aromatic carbocycles. The predicted molar refractivity (Wildman–Crippen MR) is 70.0 cm³/mol. The van der Waals surface area contributed by atoms with Crippen molar-refractivity contribution in [3.63, 3.8) is 0 Å². The van der Waals surface area contributed by atoms with E-state index in [-0.39, 0.29) is 0 Å². The number of hydrogen-bond donors (Lipinski definition) is 0. The van der Waals surface area contributed by atoms with Crippen LogP contribution in [-0.2, 0) is 0 Å². The molecule has 8 nitrogen and oxygen atoms in total. The lowest BCUT2D eigenvalue weighted by Gasteiger charge is -2.04. The smallest absolute Gasteiger partial charge is 0.258 e. The third kappa shape index (κ3) is 3.08. The third-order valence-corrected chi connectivity index (χ3v) is 3.05. The Kier molecular flexibility index (Phi) is 5.24. The van der Waals surface area contributed by atoms with E-state index in [1.807, 2.05) is 0 Å². The van der Waals surface area contributed by atoms with Crippen molar-refractivity contribution in [2.45, 2.75) is 0 Å². The average Bonchev–Trinajstić information content (AvgIpc) is 2.60. The van der Waals surface area contributed by atoms with Crippen LogP contribution in [0.4, 0.5) is 57.9 Å². The van der Waals surface area contributed by atoms with E-state index in [0.717, 1.165) is 0 Å². The van der Waals surface area contributed by atoms with Crippen LogP contribution in [0.1, 0.15) is 0 Å². The molecule has 0 bridgehead atoms. The highest BCUT2D eigenvalue weighted by Crippen LogP contribution is 2.38. The maximum atomic E-state index is 13.6. The summed E-state index contributed by atoms with van der Waals surface area (Å²) in [4.78, 5) is 17.1. The van der Waals surface area contributed by atoms with E-state index >= 15 is 0 Å². The van der Waals surface area contributed by atoms with Gasteiger partial charge < -0.3 is 0 Å². The Labute approximate surface area is 146 Å². The first-order valence-electron chi connectivity index (χ1n) is 6.34. The Morgan fingerprint density at radius 1 is 0.500 bits per heavy atom. The van der Waals surface area contributed by atoms with Crippen LogP contribution in [-0.4, -0.2) is 9.85 Å². The molecule has 2 rings (SSSR count). The van der Waals surface area contributed by atoms with Crippen LogP contribution < -0.4 is 0 Å². The van der Waals surface area contributed by atoms with Crippen molar-refractivity contribution in [1.82, 2.24) is 0 Å². The minimum absolute atomic E-state index is 1.82. The summed E-state index contributed by atoms with van der Waals surface area (Å²) >= 11 is 0. The molecule has 0 aromatic heterocycles. The maximum absolute atomic E-state index is 13.6. The van der Waals surface area contributed by atoms with Gasteiger partial charge in [-0.15, -0.1) is 10.2 Å². The van der Waals surface area contributed by atoms with Crippen LogP contribution >= 0.6 is 0 Å². The van der Waals surface area contributed by atoms with Gasteiger partial charge in [-0.05, 0) is 0 Å². The van der Waals surface area contributed by atoms with Crippen molar-refractivity contribution in [2.24, 2.45) is 10.2 Å². The minimum atomic E-state index is -2.56. The molecule has 16 heteroatoms. The number of nitro groups is 2. The summed E-state index contributed by atoms with van der Waals surface area (Å²) in [7, 11) is 0. The van der Waals surface area contributed by atoms with Crippen LogP contribution in [0.25, 0.3) is 0 Å². The van der Waals surface area contributed by atoms with Gasteiger partial charge in [-0.3, -0.25) is 20.2 Å². The Morgan fingerprint density at radius 2 is 0.714 bits per heavy atom. The van der Waals surface area contributed by atoms with Gasteiger partial charge in [0.1, 0.15) is 0 Å². The molecule has 0 spiro atoms. The van der Waals surface area contributed by atoms with Crippen molar-refractivity contribution in [2.75, 3.05) is 0 Å². The molecular weight excluding hydrogens is 416 g/mol. The minimum Gasteiger partial charge on any atom is -0.258 e. The maximum Gasteiger partial charge on any atom is 0.346 e. The molecule has 0 aliphatic rings. The Balaban J connectivity index is 2.72. The monoisotopic (exact) mass is 416 g/mol. The first-order valence-corrected chi connectivity index (χ1v) is 6.34. The molecule has 0 saturated carbocycles. The molecule has 0 fully saturated rings. The van der Waals surface area contributed by atoms with Gasteiger partial charge in [0.05, 0.1) is 9.85 Å². The van der Waals surface area contributed by atoms with Crippen LogP contribution in [0.2, 0.25) is 0 Å². The number of benzene rings is 2. The fourth-order valence-electron chi connectivity index (χ4n) is 1.81.